The minimum atomic E-state index is 0.921. The molecule has 1 aliphatic rings. The molecule has 0 radical (unpaired) electrons. The van der Waals surface area contributed by atoms with Crippen LogP contribution in [0.2, 0.25) is 0 Å². The van der Waals surface area contributed by atoms with Crippen molar-refractivity contribution in [3.05, 3.63) is 47.2 Å². The van der Waals surface area contributed by atoms with E-state index in [2.05, 4.69) is 52.4 Å². The number of allylic oxidation sites excluding steroid dienone is 1. The van der Waals surface area contributed by atoms with Crippen molar-refractivity contribution in [2.75, 3.05) is 0 Å². The number of aromatic nitrogens is 4. The number of rotatable bonds is 1. The van der Waals surface area contributed by atoms with Crippen molar-refractivity contribution < 1.29 is 4.57 Å². The van der Waals surface area contributed by atoms with Gasteiger partial charge >= 0.3 is 0 Å². The first-order valence-electron chi connectivity index (χ1n) is 7.56. The molecule has 0 saturated heterocycles. The Bertz CT molecular complexity index is 948. The Morgan fingerprint density at radius 3 is 2.77 bits per heavy atom. The molecule has 0 amide bonds. The van der Waals surface area contributed by atoms with Gasteiger partial charge in [0.15, 0.2) is 5.69 Å². The number of aryl methyl sites for hydroxylation is 3. The van der Waals surface area contributed by atoms with E-state index in [-0.39, 0.29) is 0 Å². The summed E-state index contributed by atoms with van der Waals surface area (Å²) in [5.41, 5.74) is 8.33. The molecule has 0 spiro atoms. The molecule has 4 heteroatoms. The van der Waals surface area contributed by atoms with Crippen molar-refractivity contribution in [3.63, 3.8) is 0 Å². The molecule has 0 unspecified atom stereocenters. The summed E-state index contributed by atoms with van der Waals surface area (Å²) in [6.07, 6.45) is 7.09. The van der Waals surface area contributed by atoms with Gasteiger partial charge in [-0.3, -0.25) is 0 Å². The van der Waals surface area contributed by atoms with Crippen LogP contribution in [0.15, 0.2) is 24.5 Å². The first-order chi connectivity index (χ1) is 10.6. The second-order valence-corrected chi connectivity index (χ2v) is 6.06. The van der Waals surface area contributed by atoms with Gasteiger partial charge in [0.1, 0.15) is 11.5 Å². The third kappa shape index (κ3) is 1.73. The molecular weight excluding hydrogens is 272 g/mol. The van der Waals surface area contributed by atoms with Gasteiger partial charge in [-0.15, -0.1) is 0 Å². The Labute approximate surface area is 129 Å². The molecule has 0 bridgehead atoms. The van der Waals surface area contributed by atoms with E-state index in [0.29, 0.717) is 0 Å². The van der Waals surface area contributed by atoms with E-state index in [1.54, 1.807) is 0 Å². The highest BCUT2D eigenvalue weighted by Gasteiger charge is 2.20. The van der Waals surface area contributed by atoms with Gasteiger partial charge in [0, 0.05) is 31.2 Å². The van der Waals surface area contributed by atoms with Crippen LogP contribution in [-0.4, -0.2) is 14.5 Å². The van der Waals surface area contributed by atoms with Crippen LogP contribution >= 0.6 is 0 Å². The third-order valence-electron chi connectivity index (χ3n) is 4.61. The minimum Gasteiger partial charge on any atom is -0.303 e. The van der Waals surface area contributed by atoms with Gasteiger partial charge < -0.3 is 4.57 Å². The van der Waals surface area contributed by atoms with Gasteiger partial charge in [0.25, 0.3) is 6.33 Å². The first-order valence-corrected chi connectivity index (χ1v) is 7.56. The fourth-order valence-electron chi connectivity index (χ4n) is 3.22. The second-order valence-electron chi connectivity index (χ2n) is 6.06. The smallest absolute Gasteiger partial charge is 0.286 e. The molecule has 1 aliphatic heterocycles. The summed E-state index contributed by atoms with van der Waals surface area (Å²) in [7, 11) is 2.04. The van der Waals surface area contributed by atoms with Crippen LogP contribution in [0.3, 0.4) is 0 Å². The zero-order valence-electron chi connectivity index (χ0n) is 13.4. The van der Waals surface area contributed by atoms with Gasteiger partial charge in [-0.05, 0) is 31.0 Å². The predicted octanol–water partition coefficient (Wildman–Crippen LogP) is 2.87. The van der Waals surface area contributed by atoms with Gasteiger partial charge in [0.05, 0.1) is 18.1 Å². The Balaban J connectivity index is 2.08. The zero-order valence-corrected chi connectivity index (χ0v) is 13.4. The number of fused-ring (bicyclic) bond motifs is 3. The number of hydrogen-bond acceptors (Lipinski definition) is 2. The van der Waals surface area contributed by atoms with Gasteiger partial charge in [-0.1, -0.05) is 11.1 Å². The van der Waals surface area contributed by atoms with Crippen molar-refractivity contribution in [3.8, 4) is 11.3 Å². The number of benzene rings is 1. The maximum atomic E-state index is 4.81. The Morgan fingerprint density at radius 1 is 1.14 bits per heavy atom. The molecular formula is C18H19N4+. The molecule has 4 rings (SSSR count). The fourth-order valence-corrected chi connectivity index (χ4v) is 3.22. The summed E-state index contributed by atoms with van der Waals surface area (Å²) in [5, 5.41) is 0. The van der Waals surface area contributed by atoms with Crippen molar-refractivity contribution >= 4 is 17.2 Å². The summed E-state index contributed by atoms with van der Waals surface area (Å²) in [4.78, 5) is 9.17. The predicted molar refractivity (Wildman–Crippen MR) is 87.4 cm³/mol. The van der Waals surface area contributed by atoms with Crippen molar-refractivity contribution in [2.24, 2.45) is 7.05 Å². The molecule has 3 heterocycles. The molecule has 0 fully saturated rings. The van der Waals surface area contributed by atoms with Crippen LogP contribution in [0.5, 0.6) is 0 Å². The van der Waals surface area contributed by atoms with Crippen LogP contribution in [0, 0.1) is 20.8 Å². The first kappa shape index (κ1) is 13.2. The number of imidazole rings is 1. The van der Waals surface area contributed by atoms with E-state index in [1.165, 1.54) is 27.9 Å². The largest absolute Gasteiger partial charge is 0.303 e. The highest BCUT2D eigenvalue weighted by atomic mass is 15.1. The maximum absolute atomic E-state index is 4.81. The lowest BCUT2D eigenvalue weighted by molar-refractivity contribution is -0.663. The third-order valence-corrected chi connectivity index (χ3v) is 4.61. The molecule has 22 heavy (non-hydrogen) atoms. The Morgan fingerprint density at radius 2 is 1.95 bits per heavy atom. The minimum absolute atomic E-state index is 0.921. The average molecular weight is 291 g/mol. The van der Waals surface area contributed by atoms with E-state index in [4.69, 9.17) is 4.98 Å². The summed E-state index contributed by atoms with van der Waals surface area (Å²) in [5.74, 6) is 1.13. The van der Waals surface area contributed by atoms with Gasteiger partial charge in [0.2, 0.25) is 0 Å². The Hall–Kier alpha value is -2.49. The SMILES string of the molecule is Cc1cc(-c2cc3c(nc4n3C=CC4)c(C)c2C)[n+](C)cn1. The lowest BCUT2D eigenvalue weighted by Crippen LogP contribution is -2.31. The van der Waals surface area contributed by atoms with Crippen molar-refractivity contribution in [2.45, 2.75) is 27.2 Å². The summed E-state index contributed by atoms with van der Waals surface area (Å²) in [6, 6.07) is 4.41. The Kier molecular flexibility index (Phi) is 2.70. The number of nitrogens with zero attached hydrogens (tertiary/aromatic N) is 4. The lowest BCUT2D eigenvalue weighted by Gasteiger charge is -2.10. The zero-order chi connectivity index (χ0) is 15.4. The second kappa shape index (κ2) is 4.50. The van der Waals surface area contributed by atoms with Crippen LogP contribution in [-0.2, 0) is 13.5 Å². The topological polar surface area (TPSA) is 34.6 Å². The van der Waals surface area contributed by atoms with Crippen LogP contribution < -0.4 is 4.57 Å². The molecule has 3 aromatic rings. The summed E-state index contributed by atoms with van der Waals surface area (Å²) < 4.78 is 4.29. The average Bonchev–Trinajstić information content (AvgIpc) is 3.07. The molecule has 0 aliphatic carbocycles. The summed E-state index contributed by atoms with van der Waals surface area (Å²) in [6.45, 7) is 6.38. The van der Waals surface area contributed by atoms with E-state index >= 15 is 0 Å². The maximum Gasteiger partial charge on any atom is 0.286 e. The molecule has 0 N–H and O–H groups in total. The number of hydrogen-bond donors (Lipinski definition) is 0. The van der Waals surface area contributed by atoms with E-state index < -0.39 is 0 Å². The quantitative estimate of drug-likeness (QED) is 0.646. The van der Waals surface area contributed by atoms with Gasteiger partial charge in [-0.2, -0.15) is 0 Å². The van der Waals surface area contributed by atoms with E-state index in [0.717, 1.165) is 23.5 Å². The van der Waals surface area contributed by atoms with E-state index in [1.807, 2.05) is 20.3 Å². The summed E-state index contributed by atoms with van der Waals surface area (Å²) >= 11 is 0. The van der Waals surface area contributed by atoms with Crippen molar-refractivity contribution in [1.29, 1.82) is 0 Å². The molecule has 1 aromatic carbocycles. The molecule has 0 atom stereocenters. The van der Waals surface area contributed by atoms with Crippen LogP contribution in [0.4, 0.5) is 0 Å². The van der Waals surface area contributed by atoms with Gasteiger partial charge in [-0.25, -0.2) is 9.55 Å². The molecule has 0 saturated carbocycles. The highest BCUT2D eigenvalue weighted by molar-refractivity contribution is 5.88. The molecule has 2 aromatic heterocycles. The molecule has 110 valence electrons. The standard InChI is InChI=1S/C18H19N4/c1-11-8-15(21(4)10-19-11)14-9-16-18(13(3)12(14)2)20-17-6-5-7-22(16)17/h5,7-10H,6H2,1-4H3/q+1. The fraction of sp³-hybridized carbons (Fsp3) is 0.278. The van der Waals surface area contributed by atoms with Crippen molar-refractivity contribution in [1.82, 2.24) is 14.5 Å². The van der Waals surface area contributed by atoms with Crippen LogP contribution in [0.25, 0.3) is 28.5 Å². The lowest BCUT2D eigenvalue weighted by atomic mass is 9.98. The molecule has 4 nitrogen and oxygen atoms in total. The normalized spacial score (nSPS) is 13.1. The van der Waals surface area contributed by atoms with E-state index in [9.17, 15) is 0 Å². The van der Waals surface area contributed by atoms with Crippen LogP contribution in [0.1, 0.15) is 22.6 Å². The highest BCUT2D eigenvalue weighted by Crippen LogP contribution is 2.32. The monoisotopic (exact) mass is 291 g/mol.